The lowest BCUT2D eigenvalue weighted by atomic mass is 10.1. The first-order valence-electron chi connectivity index (χ1n) is 6.47. The zero-order valence-corrected chi connectivity index (χ0v) is 11.0. The summed E-state index contributed by atoms with van der Waals surface area (Å²) in [6, 6.07) is 5.92. The van der Waals surface area contributed by atoms with Gasteiger partial charge < -0.3 is 20.0 Å². The van der Waals surface area contributed by atoms with E-state index in [1.54, 1.807) is 12.5 Å². The average Bonchev–Trinajstić information content (AvgIpc) is 2.94. The van der Waals surface area contributed by atoms with Gasteiger partial charge in [0.1, 0.15) is 6.26 Å². The van der Waals surface area contributed by atoms with Gasteiger partial charge in [0.05, 0.1) is 11.8 Å². The van der Waals surface area contributed by atoms with E-state index in [-0.39, 0.29) is 0 Å². The molecule has 1 aromatic carbocycles. The van der Waals surface area contributed by atoms with Gasteiger partial charge in [-0.15, -0.1) is 0 Å². The Labute approximate surface area is 112 Å². The van der Waals surface area contributed by atoms with Crippen LogP contribution in [0.2, 0.25) is 0 Å². The van der Waals surface area contributed by atoms with Crippen LogP contribution in [0.3, 0.4) is 0 Å². The average molecular weight is 258 g/mol. The van der Waals surface area contributed by atoms with E-state index in [4.69, 9.17) is 10.2 Å². The van der Waals surface area contributed by atoms with Crippen molar-refractivity contribution >= 4 is 11.4 Å². The highest BCUT2D eigenvalue weighted by molar-refractivity contribution is 5.77. The summed E-state index contributed by atoms with van der Waals surface area (Å²) in [6.07, 6.45) is 3.25. The van der Waals surface area contributed by atoms with Crippen molar-refractivity contribution in [3.8, 4) is 11.5 Å². The number of rotatable bonds is 2. The minimum absolute atomic E-state index is 0.626. The van der Waals surface area contributed by atoms with Crippen LogP contribution in [0.5, 0.6) is 0 Å². The van der Waals surface area contributed by atoms with Gasteiger partial charge in [-0.25, -0.2) is 4.98 Å². The second-order valence-corrected chi connectivity index (χ2v) is 4.90. The van der Waals surface area contributed by atoms with Gasteiger partial charge in [-0.2, -0.15) is 0 Å². The quantitative estimate of drug-likeness (QED) is 0.830. The predicted molar refractivity (Wildman–Crippen MR) is 76.1 cm³/mol. The number of anilines is 2. The van der Waals surface area contributed by atoms with Crippen LogP contribution in [-0.4, -0.2) is 43.1 Å². The minimum Gasteiger partial charge on any atom is -0.444 e. The molecule has 2 N–H and O–H groups in total. The van der Waals surface area contributed by atoms with Gasteiger partial charge in [-0.3, -0.25) is 0 Å². The summed E-state index contributed by atoms with van der Waals surface area (Å²) in [4.78, 5) is 8.93. The number of aromatic nitrogens is 1. The van der Waals surface area contributed by atoms with E-state index < -0.39 is 0 Å². The van der Waals surface area contributed by atoms with E-state index >= 15 is 0 Å². The lowest BCUT2D eigenvalue weighted by molar-refractivity contribution is 0.313. The summed E-state index contributed by atoms with van der Waals surface area (Å²) in [6.45, 7) is 4.15. The Bertz CT molecular complexity index is 545. The van der Waals surface area contributed by atoms with Gasteiger partial charge in [0, 0.05) is 37.6 Å². The SMILES string of the molecule is CN1CCN(c2ccc(N)cc2-c2ncco2)CC1. The van der Waals surface area contributed by atoms with Crippen LogP contribution in [0.4, 0.5) is 11.4 Å². The molecule has 0 amide bonds. The summed E-state index contributed by atoms with van der Waals surface area (Å²) in [5.74, 6) is 0.626. The van der Waals surface area contributed by atoms with E-state index in [0.29, 0.717) is 5.89 Å². The number of benzene rings is 1. The third-order valence-corrected chi connectivity index (χ3v) is 3.53. The van der Waals surface area contributed by atoms with E-state index in [0.717, 1.165) is 43.1 Å². The van der Waals surface area contributed by atoms with Gasteiger partial charge in [0.2, 0.25) is 5.89 Å². The molecule has 0 saturated carbocycles. The molecule has 0 atom stereocenters. The molecule has 0 aliphatic carbocycles. The fourth-order valence-electron chi connectivity index (χ4n) is 2.40. The zero-order chi connectivity index (χ0) is 13.2. The summed E-state index contributed by atoms with van der Waals surface area (Å²) in [7, 11) is 2.15. The summed E-state index contributed by atoms with van der Waals surface area (Å²) < 4.78 is 5.42. The number of hydrogen-bond donors (Lipinski definition) is 1. The van der Waals surface area contributed by atoms with Crippen molar-refractivity contribution in [1.82, 2.24) is 9.88 Å². The van der Waals surface area contributed by atoms with Crippen molar-refractivity contribution in [1.29, 1.82) is 0 Å². The molecule has 1 aliphatic rings. The van der Waals surface area contributed by atoms with E-state index in [1.165, 1.54) is 0 Å². The third-order valence-electron chi connectivity index (χ3n) is 3.53. The largest absolute Gasteiger partial charge is 0.444 e. The maximum absolute atomic E-state index is 5.89. The maximum atomic E-state index is 5.89. The molecule has 1 saturated heterocycles. The number of hydrogen-bond acceptors (Lipinski definition) is 5. The van der Waals surface area contributed by atoms with E-state index in [2.05, 4.69) is 27.9 Å². The van der Waals surface area contributed by atoms with E-state index in [1.807, 2.05) is 12.1 Å². The molecule has 1 fully saturated rings. The first kappa shape index (κ1) is 12.0. The second-order valence-electron chi connectivity index (χ2n) is 4.90. The highest BCUT2D eigenvalue weighted by Crippen LogP contribution is 2.32. The fourth-order valence-corrected chi connectivity index (χ4v) is 2.40. The third kappa shape index (κ3) is 2.42. The lowest BCUT2D eigenvalue weighted by Crippen LogP contribution is -2.44. The standard InChI is InChI=1S/C14H18N4O/c1-17-5-7-18(8-6-17)13-3-2-11(15)10-12(13)14-16-4-9-19-14/h2-4,9-10H,5-8,15H2,1H3. The van der Waals surface area contributed by atoms with Crippen molar-refractivity contribution < 1.29 is 4.42 Å². The Kier molecular flexibility index (Phi) is 3.13. The Morgan fingerprint density at radius 3 is 2.68 bits per heavy atom. The molecule has 100 valence electrons. The van der Waals surface area contributed by atoms with Crippen LogP contribution >= 0.6 is 0 Å². The maximum Gasteiger partial charge on any atom is 0.228 e. The summed E-state index contributed by atoms with van der Waals surface area (Å²) in [5, 5.41) is 0. The van der Waals surface area contributed by atoms with Crippen LogP contribution in [-0.2, 0) is 0 Å². The number of nitrogens with two attached hydrogens (primary N) is 1. The van der Waals surface area contributed by atoms with Gasteiger partial charge >= 0.3 is 0 Å². The number of nitrogen functional groups attached to an aromatic ring is 1. The molecule has 0 radical (unpaired) electrons. The van der Waals surface area contributed by atoms with Crippen LogP contribution in [0, 0.1) is 0 Å². The van der Waals surface area contributed by atoms with Crippen LogP contribution in [0.1, 0.15) is 0 Å². The molecule has 3 rings (SSSR count). The molecule has 2 heterocycles. The highest BCUT2D eigenvalue weighted by Gasteiger charge is 2.19. The summed E-state index contributed by atoms with van der Waals surface area (Å²) in [5.41, 5.74) is 8.73. The smallest absolute Gasteiger partial charge is 0.228 e. The topological polar surface area (TPSA) is 58.5 Å². The fraction of sp³-hybridized carbons (Fsp3) is 0.357. The van der Waals surface area contributed by atoms with Crippen LogP contribution in [0.15, 0.2) is 35.1 Å². The Hall–Kier alpha value is -2.01. The number of nitrogens with zero attached hydrogens (tertiary/aromatic N) is 3. The zero-order valence-electron chi connectivity index (χ0n) is 11.0. The molecule has 0 bridgehead atoms. The Morgan fingerprint density at radius 2 is 2.00 bits per heavy atom. The molecule has 5 nitrogen and oxygen atoms in total. The molecule has 2 aromatic rings. The van der Waals surface area contributed by atoms with Crippen molar-refractivity contribution in [2.24, 2.45) is 0 Å². The van der Waals surface area contributed by atoms with Crippen molar-refractivity contribution in [2.75, 3.05) is 43.9 Å². The molecular weight excluding hydrogens is 240 g/mol. The molecule has 19 heavy (non-hydrogen) atoms. The number of piperazine rings is 1. The normalized spacial score (nSPS) is 16.8. The molecular formula is C14H18N4O. The van der Waals surface area contributed by atoms with Crippen molar-refractivity contribution in [3.63, 3.8) is 0 Å². The van der Waals surface area contributed by atoms with Gasteiger partial charge in [-0.05, 0) is 25.2 Å². The van der Waals surface area contributed by atoms with Gasteiger partial charge in [0.15, 0.2) is 0 Å². The highest BCUT2D eigenvalue weighted by atomic mass is 16.3. The first-order chi connectivity index (χ1) is 9.24. The molecule has 1 aliphatic heterocycles. The molecule has 0 unspecified atom stereocenters. The van der Waals surface area contributed by atoms with Gasteiger partial charge in [-0.1, -0.05) is 0 Å². The van der Waals surface area contributed by atoms with Crippen LogP contribution in [0.25, 0.3) is 11.5 Å². The van der Waals surface area contributed by atoms with Crippen LogP contribution < -0.4 is 10.6 Å². The van der Waals surface area contributed by atoms with Crippen molar-refractivity contribution in [3.05, 3.63) is 30.7 Å². The Morgan fingerprint density at radius 1 is 1.21 bits per heavy atom. The molecule has 1 aromatic heterocycles. The lowest BCUT2D eigenvalue weighted by Gasteiger charge is -2.34. The first-order valence-corrected chi connectivity index (χ1v) is 6.47. The monoisotopic (exact) mass is 258 g/mol. The van der Waals surface area contributed by atoms with Gasteiger partial charge in [0.25, 0.3) is 0 Å². The Balaban J connectivity index is 1.97. The second kappa shape index (κ2) is 4.93. The summed E-state index contributed by atoms with van der Waals surface area (Å²) >= 11 is 0. The number of likely N-dealkylation sites (N-methyl/N-ethyl adjacent to an activating group) is 1. The van der Waals surface area contributed by atoms with Crippen molar-refractivity contribution in [2.45, 2.75) is 0 Å². The molecule has 0 spiro atoms. The number of oxazole rings is 1. The predicted octanol–water partition coefficient (Wildman–Crippen LogP) is 1.68. The molecule has 5 heteroatoms. The minimum atomic E-state index is 0.626. The van der Waals surface area contributed by atoms with E-state index in [9.17, 15) is 0 Å².